The molecule has 2 nitrogen and oxygen atoms in total. The van der Waals surface area contributed by atoms with E-state index in [2.05, 4.69) is 5.32 Å². The van der Waals surface area contributed by atoms with Gasteiger partial charge in [-0.3, -0.25) is 0 Å². The summed E-state index contributed by atoms with van der Waals surface area (Å²) in [6.45, 7) is 3.39. The van der Waals surface area contributed by atoms with Crippen LogP contribution >= 0.6 is 0 Å². The standard InChI is InChI=1S/C9H18F4N2/c1-6(2)7(3-14)4-15-5-9(12,13)8(10)11/h6-8,15H,3-5,14H2,1-2H3. The summed E-state index contributed by atoms with van der Waals surface area (Å²) in [5.74, 6) is -3.70. The van der Waals surface area contributed by atoms with Crippen LogP contribution < -0.4 is 11.1 Å². The van der Waals surface area contributed by atoms with Gasteiger partial charge in [0.15, 0.2) is 0 Å². The molecule has 1 unspecified atom stereocenters. The molecule has 3 N–H and O–H groups in total. The lowest BCUT2D eigenvalue weighted by atomic mass is 9.96. The Hall–Kier alpha value is -0.360. The van der Waals surface area contributed by atoms with E-state index in [4.69, 9.17) is 5.73 Å². The van der Waals surface area contributed by atoms with Gasteiger partial charge in [0.25, 0.3) is 0 Å². The first-order valence-corrected chi connectivity index (χ1v) is 4.88. The average molecular weight is 230 g/mol. The van der Waals surface area contributed by atoms with Gasteiger partial charge in [0.1, 0.15) is 0 Å². The van der Waals surface area contributed by atoms with Crippen molar-refractivity contribution in [2.24, 2.45) is 17.6 Å². The van der Waals surface area contributed by atoms with E-state index in [1.165, 1.54) is 0 Å². The molecule has 15 heavy (non-hydrogen) atoms. The molecule has 0 radical (unpaired) electrons. The van der Waals surface area contributed by atoms with Gasteiger partial charge in [-0.2, -0.15) is 8.78 Å². The molecule has 0 heterocycles. The highest BCUT2D eigenvalue weighted by molar-refractivity contribution is 4.74. The van der Waals surface area contributed by atoms with E-state index >= 15 is 0 Å². The number of halogens is 4. The van der Waals surface area contributed by atoms with Crippen molar-refractivity contribution < 1.29 is 17.6 Å². The molecule has 6 heteroatoms. The molecule has 0 bridgehead atoms. The Balaban J connectivity index is 3.87. The molecule has 1 atom stereocenters. The summed E-state index contributed by atoms with van der Waals surface area (Å²) < 4.78 is 48.4. The van der Waals surface area contributed by atoms with Gasteiger partial charge in [0, 0.05) is 0 Å². The van der Waals surface area contributed by atoms with Crippen LogP contribution in [-0.2, 0) is 0 Å². The monoisotopic (exact) mass is 230 g/mol. The minimum absolute atomic E-state index is 0.0264. The van der Waals surface area contributed by atoms with Crippen LogP contribution in [0.2, 0.25) is 0 Å². The lowest BCUT2D eigenvalue weighted by Crippen LogP contribution is -2.42. The van der Waals surface area contributed by atoms with Crippen molar-refractivity contribution in [3.63, 3.8) is 0 Å². The minimum Gasteiger partial charge on any atom is -0.330 e. The van der Waals surface area contributed by atoms with Crippen molar-refractivity contribution in [1.29, 1.82) is 0 Å². The number of alkyl halides is 4. The molecule has 0 aromatic heterocycles. The maximum Gasteiger partial charge on any atom is 0.319 e. The number of nitrogens with one attached hydrogen (secondary N) is 1. The van der Waals surface area contributed by atoms with Gasteiger partial charge in [-0.25, -0.2) is 8.78 Å². The van der Waals surface area contributed by atoms with Crippen LogP contribution in [0.15, 0.2) is 0 Å². The molecule has 0 aromatic rings. The first kappa shape index (κ1) is 14.6. The molecule has 0 fully saturated rings. The predicted molar refractivity (Wildman–Crippen MR) is 51.2 cm³/mol. The Morgan fingerprint density at radius 2 is 1.80 bits per heavy atom. The normalized spacial score (nSPS) is 15.0. The molecular weight excluding hydrogens is 212 g/mol. The maximum absolute atomic E-state index is 12.5. The van der Waals surface area contributed by atoms with Crippen molar-refractivity contribution in [1.82, 2.24) is 5.32 Å². The average Bonchev–Trinajstić information content (AvgIpc) is 2.11. The third-order valence-electron chi connectivity index (χ3n) is 2.33. The fraction of sp³-hybridized carbons (Fsp3) is 1.00. The van der Waals surface area contributed by atoms with E-state index in [-0.39, 0.29) is 18.4 Å². The van der Waals surface area contributed by atoms with Crippen LogP contribution in [0.4, 0.5) is 17.6 Å². The molecule has 92 valence electrons. The highest BCUT2D eigenvalue weighted by Crippen LogP contribution is 2.21. The zero-order valence-corrected chi connectivity index (χ0v) is 8.94. The first-order chi connectivity index (χ1) is 6.81. The van der Waals surface area contributed by atoms with Gasteiger partial charge in [0.2, 0.25) is 0 Å². The molecule has 0 amide bonds. The largest absolute Gasteiger partial charge is 0.330 e. The van der Waals surface area contributed by atoms with Crippen LogP contribution in [0.1, 0.15) is 13.8 Å². The zero-order valence-electron chi connectivity index (χ0n) is 8.94. The Kier molecular flexibility index (Phi) is 6.12. The molecule has 0 aliphatic heterocycles. The quantitative estimate of drug-likeness (QED) is 0.653. The van der Waals surface area contributed by atoms with Crippen molar-refractivity contribution >= 4 is 0 Å². The molecule has 0 saturated carbocycles. The van der Waals surface area contributed by atoms with Crippen LogP contribution in [0, 0.1) is 11.8 Å². The summed E-state index contributed by atoms with van der Waals surface area (Å²) in [6, 6.07) is 0. The number of hydrogen-bond donors (Lipinski definition) is 2. The molecule has 0 aliphatic carbocycles. The third kappa shape index (κ3) is 5.32. The second-order valence-corrected chi connectivity index (χ2v) is 3.93. The van der Waals surface area contributed by atoms with E-state index in [1.54, 1.807) is 0 Å². The van der Waals surface area contributed by atoms with Crippen LogP contribution in [-0.4, -0.2) is 32.0 Å². The molecular formula is C9H18F4N2. The van der Waals surface area contributed by atoms with Gasteiger partial charge < -0.3 is 11.1 Å². The fourth-order valence-corrected chi connectivity index (χ4v) is 1.09. The minimum atomic E-state index is -3.96. The second-order valence-electron chi connectivity index (χ2n) is 3.93. The van der Waals surface area contributed by atoms with Crippen molar-refractivity contribution in [3.05, 3.63) is 0 Å². The van der Waals surface area contributed by atoms with Gasteiger partial charge in [-0.05, 0) is 24.9 Å². The number of hydrogen-bond acceptors (Lipinski definition) is 2. The summed E-state index contributed by atoms with van der Waals surface area (Å²) in [6.07, 6.45) is -3.62. The zero-order chi connectivity index (χ0) is 12.1. The van der Waals surface area contributed by atoms with E-state index < -0.39 is 18.9 Å². The van der Waals surface area contributed by atoms with E-state index in [0.717, 1.165) is 0 Å². The second kappa shape index (κ2) is 6.27. The van der Waals surface area contributed by atoms with Crippen LogP contribution in [0.3, 0.4) is 0 Å². The van der Waals surface area contributed by atoms with Crippen LogP contribution in [0.5, 0.6) is 0 Å². The topological polar surface area (TPSA) is 38.0 Å². The highest BCUT2D eigenvalue weighted by Gasteiger charge is 2.40. The third-order valence-corrected chi connectivity index (χ3v) is 2.33. The van der Waals surface area contributed by atoms with E-state index in [9.17, 15) is 17.6 Å². The van der Waals surface area contributed by atoms with E-state index in [0.29, 0.717) is 6.54 Å². The smallest absolute Gasteiger partial charge is 0.319 e. The van der Waals surface area contributed by atoms with Gasteiger partial charge in [-0.15, -0.1) is 0 Å². The van der Waals surface area contributed by atoms with Crippen molar-refractivity contribution in [2.45, 2.75) is 26.2 Å². The van der Waals surface area contributed by atoms with Gasteiger partial charge >= 0.3 is 12.3 Å². The highest BCUT2D eigenvalue weighted by atomic mass is 19.3. The Morgan fingerprint density at radius 1 is 1.27 bits per heavy atom. The first-order valence-electron chi connectivity index (χ1n) is 4.88. The van der Waals surface area contributed by atoms with Crippen LogP contribution in [0.25, 0.3) is 0 Å². The van der Waals surface area contributed by atoms with Crippen molar-refractivity contribution in [3.8, 4) is 0 Å². The number of rotatable bonds is 7. The molecule has 0 rings (SSSR count). The summed E-state index contributed by atoms with van der Waals surface area (Å²) in [4.78, 5) is 0. The lowest BCUT2D eigenvalue weighted by molar-refractivity contribution is -0.125. The lowest BCUT2D eigenvalue weighted by Gasteiger charge is -2.21. The summed E-state index contributed by atoms with van der Waals surface area (Å²) in [7, 11) is 0. The fourth-order valence-electron chi connectivity index (χ4n) is 1.09. The van der Waals surface area contributed by atoms with Gasteiger partial charge in [-0.1, -0.05) is 13.8 Å². The summed E-state index contributed by atoms with van der Waals surface area (Å²) in [5, 5.41) is 2.33. The molecule has 0 aromatic carbocycles. The number of nitrogens with two attached hydrogens (primary N) is 1. The molecule has 0 saturated heterocycles. The Morgan fingerprint density at radius 3 is 2.13 bits per heavy atom. The Labute approximate surface area is 87.2 Å². The maximum atomic E-state index is 12.5. The SMILES string of the molecule is CC(C)C(CN)CNCC(F)(F)C(F)F. The summed E-state index contributed by atoms with van der Waals surface area (Å²) >= 11 is 0. The van der Waals surface area contributed by atoms with E-state index in [1.807, 2.05) is 13.8 Å². The molecule has 0 spiro atoms. The van der Waals surface area contributed by atoms with Crippen molar-refractivity contribution in [2.75, 3.05) is 19.6 Å². The Bertz CT molecular complexity index is 173. The molecule has 0 aliphatic rings. The predicted octanol–water partition coefficient (Wildman–Crippen LogP) is 1.71. The summed E-state index contributed by atoms with van der Waals surface area (Å²) in [5.41, 5.74) is 5.41. The van der Waals surface area contributed by atoms with Gasteiger partial charge in [0.05, 0.1) is 6.54 Å².